The zero-order chi connectivity index (χ0) is 16.2. The number of fused-ring (bicyclic) bond motifs is 1. The molecular weight excluding hydrogens is 278 g/mol. The molecule has 124 valence electrons. The fraction of sp³-hybridized carbons (Fsp3) is 0.667. The molecule has 1 aromatic carbocycles. The summed E-state index contributed by atoms with van der Waals surface area (Å²) in [6, 6.07) is 4.13. The summed E-state index contributed by atoms with van der Waals surface area (Å²) in [6.07, 6.45) is 3.26. The number of ether oxygens (including phenoxy) is 2. The lowest BCUT2D eigenvalue weighted by atomic mass is 9.89. The number of hydrogen-bond acceptors (Lipinski definition) is 4. The first kappa shape index (κ1) is 17.1. The molecule has 1 heterocycles. The average molecular weight is 307 g/mol. The molecule has 1 aliphatic rings. The van der Waals surface area contributed by atoms with Crippen LogP contribution in [0.2, 0.25) is 0 Å². The van der Waals surface area contributed by atoms with Crippen LogP contribution in [0.3, 0.4) is 0 Å². The Balaban J connectivity index is 1.89. The van der Waals surface area contributed by atoms with Crippen LogP contribution in [0.5, 0.6) is 11.5 Å². The summed E-state index contributed by atoms with van der Waals surface area (Å²) in [5.74, 6) is 1.92. The van der Waals surface area contributed by atoms with E-state index in [1.165, 1.54) is 11.1 Å². The molecule has 1 unspecified atom stereocenters. The van der Waals surface area contributed by atoms with Crippen LogP contribution in [-0.4, -0.2) is 31.5 Å². The van der Waals surface area contributed by atoms with Gasteiger partial charge in [0, 0.05) is 30.7 Å². The number of aliphatic hydroxyl groups is 1. The molecule has 4 heteroatoms. The van der Waals surface area contributed by atoms with Gasteiger partial charge in [0.1, 0.15) is 17.6 Å². The Morgan fingerprint density at radius 1 is 1.41 bits per heavy atom. The smallest absolute Gasteiger partial charge is 0.127 e. The summed E-state index contributed by atoms with van der Waals surface area (Å²) in [5, 5.41) is 12.7. The molecule has 0 amide bonds. The van der Waals surface area contributed by atoms with Gasteiger partial charge in [-0.15, -0.1) is 0 Å². The minimum Gasteiger partial charge on any atom is -0.497 e. The Morgan fingerprint density at radius 2 is 2.18 bits per heavy atom. The van der Waals surface area contributed by atoms with Gasteiger partial charge in [-0.3, -0.25) is 0 Å². The zero-order valence-corrected chi connectivity index (χ0v) is 14.2. The topological polar surface area (TPSA) is 50.7 Å². The van der Waals surface area contributed by atoms with Crippen molar-refractivity contribution in [3.63, 3.8) is 0 Å². The predicted molar refractivity (Wildman–Crippen MR) is 88.6 cm³/mol. The van der Waals surface area contributed by atoms with E-state index >= 15 is 0 Å². The largest absolute Gasteiger partial charge is 0.497 e. The van der Waals surface area contributed by atoms with E-state index in [1.54, 1.807) is 7.11 Å². The number of rotatable bonds is 8. The molecule has 1 atom stereocenters. The number of hydrogen-bond donors (Lipinski definition) is 2. The molecule has 2 rings (SSSR count). The predicted octanol–water partition coefficient (Wildman–Crippen LogP) is 2.91. The van der Waals surface area contributed by atoms with Crippen LogP contribution < -0.4 is 14.8 Å². The van der Waals surface area contributed by atoms with Gasteiger partial charge in [-0.2, -0.15) is 0 Å². The van der Waals surface area contributed by atoms with E-state index in [2.05, 4.69) is 38.2 Å². The molecule has 1 aromatic rings. The van der Waals surface area contributed by atoms with Gasteiger partial charge in [0.15, 0.2) is 0 Å². The van der Waals surface area contributed by atoms with Crippen LogP contribution in [0.25, 0.3) is 0 Å². The van der Waals surface area contributed by atoms with Crippen LogP contribution in [-0.2, 0) is 13.0 Å². The second kappa shape index (κ2) is 7.34. The SMILES string of the molecule is COc1cc(CNCCCC(C)(C)CO)c2c(c1)CC(C)O2. The van der Waals surface area contributed by atoms with E-state index in [1.807, 2.05) is 0 Å². The van der Waals surface area contributed by atoms with E-state index < -0.39 is 0 Å². The van der Waals surface area contributed by atoms with E-state index in [4.69, 9.17) is 9.47 Å². The van der Waals surface area contributed by atoms with Gasteiger partial charge < -0.3 is 19.9 Å². The number of nitrogens with one attached hydrogen (secondary N) is 1. The van der Waals surface area contributed by atoms with Crippen LogP contribution in [0.4, 0.5) is 0 Å². The first-order valence-corrected chi connectivity index (χ1v) is 8.13. The Morgan fingerprint density at radius 3 is 2.86 bits per heavy atom. The normalized spacial score (nSPS) is 17.2. The van der Waals surface area contributed by atoms with E-state index in [-0.39, 0.29) is 18.1 Å². The summed E-state index contributed by atoms with van der Waals surface area (Å²) < 4.78 is 11.3. The highest BCUT2D eigenvalue weighted by atomic mass is 16.5. The summed E-state index contributed by atoms with van der Waals surface area (Å²) in [6.45, 7) is 8.24. The van der Waals surface area contributed by atoms with Crippen LogP contribution in [0, 0.1) is 5.41 Å². The standard InChI is InChI=1S/C18H29NO3/c1-13-8-14-9-16(21-4)10-15(17(14)22-13)11-19-7-5-6-18(2,3)12-20/h9-10,13,19-20H,5-8,11-12H2,1-4H3. The average Bonchev–Trinajstić information content (AvgIpc) is 2.86. The monoisotopic (exact) mass is 307 g/mol. The van der Waals surface area contributed by atoms with Gasteiger partial charge in [0.25, 0.3) is 0 Å². The lowest BCUT2D eigenvalue weighted by molar-refractivity contribution is 0.148. The molecule has 0 aromatic heterocycles. The van der Waals surface area contributed by atoms with E-state index in [0.29, 0.717) is 0 Å². The maximum atomic E-state index is 9.27. The summed E-state index contributed by atoms with van der Waals surface area (Å²) in [4.78, 5) is 0. The van der Waals surface area contributed by atoms with Crippen LogP contribution in [0.1, 0.15) is 44.7 Å². The Hall–Kier alpha value is -1.26. The highest BCUT2D eigenvalue weighted by molar-refractivity contribution is 5.49. The van der Waals surface area contributed by atoms with Crippen molar-refractivity contribution in [1.29, 1.82) is 0 Å². The van der Waals surface area contributed by atoms with Crippen molar-refractivity contribution < 1.29 is 14.6 Å². The Bertz CT molecular complexity index is 499. The summed E-state index contributed by atoms with van der Waals surface area (Å²) in [5.41, 5.74) is 2.42. The fourth-order valence-corrected chi connectivity index (χ4v) is 2.82. The van der Waals surface area contributed by atoms with Crippen molar-refractivity contribution in [1.82, 2.24) is 5.32 Å². The second-order valence-electron chi connectivity index (χ2n) is 7.01. The molecule has 0 spiro atoms. The highest BCUT2D eigenvalue weighted by Crippen LogP contribution is 2.36. The van der Waals surface area contributed by atoms with Gasteiger partial charge in [-0.05, 0) is 43.9 Å². The van der Waals surface area contributed by atoms with Crippen molar-refractivity contribution in [2.24, 2.45) is 5.41 Å². The van der Waals surface area contributed by atoms with Crippen LogP contribution in [0.15, 0.2) is 12.1 Å². The minimum absolute atomic E-state index is 0.0113. The number of benzene rings is 1. The molecule has 2 N–H and O–H groups in total. The maximum absolute atomic E-state index is 9.27. The number of methoxy groups -OCH3 is 1. The second-order valence-corrected chi connectivity index (χ2v) is 7.01. The molecule has 0 saturated heterocycles. The minimum atomic E-state index is 0.0113. The lowest BCUT2D eigenvalue weighted by Gasteiger charge is -2.21. The summed E-state index contributed by atoms with van der Waals surface area (Å²) in [7, 11) is 1.70. The lowest BCUT2D eigenvalue weighted by Crippen LogP contribution is -2.21. The van der Waals surface area contributed by atoms with E-state index in [9.17, 15) is 5.11 Å². The van der Waals surface area contributed by atoms with Crippen molar-refractivity contribution in [3.8, 4) is 11.5 Å². The molecule has 0 bridgehead atoms. The third-order valence-corrected chi connectivity index (χ3v) is 4.23. The first-order chi connectivity index (χ1) is 10.4. The molecule has 0 fully saturated rings. The van der Waals surface area contributed by atoms with Gasteiger partial charge >= 0.3 is 0 Å². The van der Waals surface area contributed by atoms with Gasteiger partial charge in [-0.1, -0.05) is 13.8 Å². The number of aliphatic hydroxyl groups excluding tert-OH is 1. The van der Waals surface area contributed by atoms with Gasteiger partial charge in [-0.25, -0.2) is 0 Å². The van der Waals surface area contributed by atoms with Crippen molar-refractivity contribution in [3.05, 3.63) is 23.3 Å². The quantitative estimate of drug-likeness (QED) is 0.725. The van der Waals surface area contributed by atoms with E-state index in [0.717, 1.165) is 43.9 Å². The third-order valence-electron chi connectivity index (χ3n) is 4.23. The molecule has 0 aliphatic carbocycles. The first-order valence-electron chi connectivity index (χ1n) is 8.13. The molecule has 0 saturated carbocycles. The van der Waals surface area contributed by atoms with Gasteiger partial charge in [0.05, 0.1) is 7.11 Å². The van der Waals surface area contributed by atoms with Crippen molar-refractivity contribution >= 4 is 0 Å². The Labute approximate surface area is 133 Å². The fourth-order valence-electron chi connectivity index (χ4n) is 2.82. The molecule has 0 radical (unpaired) electrons. The molecule has 22 heavy (non-hydrogen) atoms. The molecular formula is C18H29NO3. The van der Waals surface area contributed by atoms with Crippen molar-refractivity contribution in [2.45, 2.75) is 52.7 Å². The maximum Gasteiger partial charge on any atom is 0.127 e. The Kier molecular flexibility index (Phi) is 5.70. The summed E-state index contributed by atoms with van der Waals surface area (Å²) >= 11 is 0. The zero-order valence-electron chi connectivity index (χ0n) is 14.2. The molecule has 4 nitrogen and oxygen atoms in total. The van der Waals surface area contributed by atoms with Crippen LogP contribution >= 0.6 is 0 Å². The van der Waals surface area contributed by atoms with Gasteiger partial charge in [0.2, 0.25) is 0 Å². The highest BCUT2D eigenvalue weighted by Gasteiger charge is 2.23. The third kappa shape index (κ3) is 4.37. The van der Waals surface area contributed by atoms with Crippen molar-refractivity contribution in [2.75, 3.05) is 20.3 Å². The molecule has 1 aliphatic heterocycles.